The van der Waals surface area contributed by atoms with E-state index in [0.29, 0.717) is 23.6 Å². The Bertz CT molecular complexity index is 922. The highest BCUT2D eigenvalue weighted by Crippen LogP contribution is 2.32. The van der Waals surface area contributed by atoms with E-state index in [4.69, 9.17) is 9.47 Å². The van der Waals surface area contributed by atoms with Crippen molar-refractivity contribution in [3.63, 3.8) is 0 Å². The average Bonchev–Trinajstić information content (AvgIpc) is 2.62. The maximum Gasteiger partial charge on any atom is 0.340 e. The number of ether oxygens (including phenoxy) is 2. The fourth-order valence-corrected chi connectivity index (χ4v) is 2.74. The quantitative estimate of drug-likeness (QED) is 0.697. The van der Waals surface area contributed by atoms with E-state index >= 15 is 0 Å². The maximum atomic E-state index is 12.2. The molecule has 3 rings (SSSR count). The first kappa shape index (κ1) is 16.8. The van der Waals surface area contributed by atoms with Gasteiger partial charge in [0.2, 0.25) is 0 Å². The van der Waals surface area contributed by atoms with Crippen LogP contribution in [-0.4, -0.2) is 24.7 Å². The fourth-order valence-electron chi connectivity index (χ4n) is 2.74. The van der Waals surface area contributed by atoms with Crippen molar-refractivity contribution in [2.45, 2.75) is 13.8 Å². The van der Waals surface area contributed by atoms with Crippen LogP contribution in [-0.2, 0) is 4.74 Å². The van der Waals surface area contributed by atoms with Gasteiger partial charge in [-0.1, -0.05) is 24.3 Å². The molecule has 25 heavy (non-hydrogen) atoms. The summed E-state index contributed by atoms with van der Waals surface area (Å²) in [5.41, 5.74) is 3.68. The Kier molecular flexibility index (Phi) is 4.84. The molecule has 5 nitrogen and oxygen atoms in total. The smallest absolute Gasteiger partial charge is 0.340 e. The number of anilines is 2. The summed E-state index contributed by atoms with van der Waals surface area (Å²) in [6.45, 7) is 4.05. The van der Waals surface area contributed by atoms with Gasteiger partial charge in [-0.15, -0.1) is 0 Å². The van der Waals surface area contributed by atoms with Crippen LogP contribution in [0.1, 0.15) is 23.0 Å². The molecule has 0 radical (unpaired) electrons. The fraction of sp³-hybridized carbons (Fsp3) is 0.200. The lowest BCUT2D eigenvalue weighted by molar-refractivity contribution is 0.0527. The van der Waals surface area contributed by atoms with Crippen molar-refractivity contribution in [2.24, 2.45) is 0 Å². The molecule has 0 spiro atoms. The summed E-state index contributed by atoms with van der Waals surface area (Å²) in [5, 5.41) is 4.27. The molecule has 128 valence electrons. The van der Waals surface area contributed by atoms with Gasteiger partial charge in [0.15, 0.2) is 0 Å². The molecule has 0 unspecified atom stereocenters. The Labute approximate surface area is 146 Å². The Morgan fingerprint density at radius 2 is 1.92 bits per heavy atom. The first-order valence-corrected chi connectivity index (χ1v) is 8.11. The molecule has 1 heterocycles. The van der Waals surface area contributed by atoms with Crippen molar-refractivity contribution >= 4 is 28.2 Å². The van der Waals surface area contributed by atoms with Gasteiger partial charge in [0.05, 0.1) is 25.0 Å². The van der Waals surface area contributed by atoms with Crippen molar-refractivity contribution in [2.75, 3.05) is 19.0 Å². The molecule has 5 heteroatoms. The number of nitrogens with zero attached hydrogens (tertiary/aromatic N) is 1. The van der Waals surface area contributed by atoms with Gasteiger partial charge in [-0.2, -0.15) is 0 Å². The molecule has 1 N–H and O–H groups in total. The van der Waals surface area contributed by atoms with Crippen molar-refractivity contribution in [1.82, 2.24) is 4.98 Å². The Balaban J connectivity index is 2.09. The highest BCUT2D eigenvalue weighted by molar-refractivity contribution is 6.00. The number of methoxy groups -OCH3 is 1. The standard InChI is InChI=1S/C20H20N2O3/c1-4-25-20(23)15-8-5-6-10-16(15)22-17-12-13(2)21-19-14(17)9-7-11-18(19)24-3/h5-12H,4H2,1-3H3,(H,21,22). The summed E-state index contributed by atoms with van der Waals surface area (Å²) in [7, 11) is 1.63. The van der Waals surface area contributed by atoms with Crippen LogP contribution in [0.25, 0.3) is 10.9 Å². The number of esters is 1. The van der Waals surface area contributed by atoms with Gasteiger partial charge in [0.25, 0.3) is 0 Å². The van der Waals surface area contributed by atoms with Crippen LogP contribution in [0, 0.1) is 6.92 Å². The van der Waals surface area contributed by atoms with Gasteiger partial charge in [-0.05, 0) is 38.1 Å². The zero-order valence-electron chi connectivity index (χ0n) is 14.5. The van der Waals surface area contributed by atoms with Crippen LogP contribution in [0.2, 0.25) is 0 Å². The van der Waals surface area contributed by atoms with Gasteiger partial charge in [-0.3, -0.25) is 0 Å². The largest absolute Gasteiger partial charge is 0.494 e. The van der Waals surface area contributed by atoms with Crippen molar-refractivity contribution in [3.8, 4) is 5.75 Å². The molecule has 3 aromatic rings. The van der Waals surface area contributed by atoms with Gasteiger partial charge in [0, 0.05) is 16.8 Å². The number of aromatic nitrogens is 1. The van der Waals surface area contributed by atoms with Crippen LogP contribution in [0.3, 0.4) is 0 Å². The van der Waals surface area contributed by atoms with Gasteiger partial charge in [0.1, 0.15) is 11.3 Å². The van der Waals surface area contributed by atoms with E-state index in [1.54, 1.807) is 20.1 Å². The molecule has 2 aromatic carbocycles. The van der Waals surface area contributed by atoms with E-state index in [1.807, 2.05) is 49.4 Å². The van der Waals surface area contributed by atoms with Crippen LogP contribution in [0.5, 0.6) is 5.75 Å². The third kappa shape index (κ3) is 3.40. The number of carbonyl (C=O) groups is 1. The first-order chi connectivity index (χ1) is 12.1. The van der Waals surface area contributed by atoms with Gasteiger partial charge in [-0.25, -0.2) is 9.78 Å². The van der Waals surface area contributed by atoms with Gasteiger partial charge >= 0.3 is 5.97 Å². The summed E-state index contributed by atoms with van der Waals surface area (Å²) >= 11 is 0. The zero-order chi connectivity index (χ0) is 17.8. The van der Waals surface area contributed by atoms with Crippen molar-refractivity contribution in [3.05, 3.63) is 59.8 Å². The number of hydrogen-bond acceptors (Lipinski definition) is 5. The van der Waals surface area contributed by atoms with Crippen LogP contribution in [0.15, 0.2) is 48.5 Å². The minimum absolute atomic E-state index is 0.335. The molecule has 0 bridgehead atoms. The molecule has 0 saturated heterocycles. The van der Waals surface area contributed by atoms with E-state index in [1.165, 1.54) is 0 Å². The second kappa shape index (κ2) is 7.21. The minimum atomic E-state index is -0.349. The molecule has 0 aliphatic carbocycles. The number of pyridine rings is 1. The number of nitrogens with one attached hydrogen (secondary N) is 1. The second-order valence-corrected chi connectivity index (χ2v) is 5.56. The summed E-state index contributed by atoms with van der Waals surface area (Å²) < 4.78 is 10.6. The number of para-hydroxylation sites is 2. The monoisotopic (exact) mass is 336 g/mol. The number of rotatable bonds is 5. The maximum absolute atomic E-state index is 12.2. The lowest BCUT2D eigenvalue weighted by Gasteiger charge is -2.15. The van der Waals surface area contributed by atoms with Crippen molar-refractivity contribution < 1.29 is 14.3 Å². The first-order valence-electron chi connectivity index (χ1n) is 8.11. The Hall–Kier alpha value is -3.08. The predicted molar refractivity (Wildman–Crippen MR) is 98.7 cm³/mol. The Morgan fingerprint density at radius 3 is 2.68 bits per heavy atom. The van der Waals surface area contributed by atoms with Crippen LogP contribution in [0.4, 0.5) is 11.4 Å². The zero-order valence-corrected chi connectivity index (χ0v) is 14.5. The third-order valence-electron chi connectivity index (χ3n) is 3.84. The topological polar surface area (TPSA) is 60.5 Å². The van der Waals surface area contributed by atoms with E-state index in [2.05, 4.69) is 10.3 Å². The Morgan fingerprint density at radius 1 is 1.12 bits per heavy atom. The summed E-state index contributed by atoms with van der Waals surface area (Å²) in [5.74, 6) is 0.362. The number of aryl methyl sites for hydroxylation is 1. The van der Waals surface area contributed by atoms with Crippen LogP contribution < -0.4 is 10.1 Å². The predicted octanol–water partition coefficient (Wildman–Crippen LogP) is 4.47. The lowest BCUT2D eigenvalue weighted by Crippen LogP contribution is -2.08. The molecule has 0 atom stereocenters. The molecule has 0 aliphatic rings. The number of carbonyl (C=O) groups excluding carboxylic acids is 1. The summed E-state index contributed by atoms with van der Waals surface area (Å²) in [4.78, 5) is 16.8. The molecule has 0 saturated carbocycles. The molecular weight excluding hydrogens is 316 g/mol. The van der Waals surface area contributed by atoms with E-state index in [0.717, 1.165) is 22.3 Å². The van der Waals surface area contributed by atoms with Crippen molar-refractivity contribution in [1.29, 1.82) is 0 Å². The summed E-state index contributed by atoms with van der Waals surface area (Å²) in [6.07, 6.45) is 0. The van der Waals surface area contributed by atoms with Gasteiger partial charge < -0.3 is 14.8 Å². The lowest BCUT2D eigenvalue weighted by atomic mass is 10.1. The molecule has 1 aromatic heterocycles. The summed E-state index contributed by atoms with van der Waals surface area (Å²) in [6, 6.07) is 15.0. The number of hydrogen-bond donors (Lipinski definition) is 1. The SMILES string of the molecule is CCOC(=O)c1ccccc1Nc1cc(C)nc2c(OC)cccc12. The highest BCUT2D eigenvalue weighted by Gasteiger charge is 2.14. The number of fused-ring (bicyclic) bond motifs is 1. The third-order valence-corrected chi connectivity index (χ3v) is 3.84. The molecule has 0 fully saturated rings. The van der Waals surface area contributed by atoms with E-state index in [9.17, 15) is 4.79 Å². The molecular formula is C20H20N2O3. The molecule has 0 amide bonds. The highest BCUT2D eigenvalue weighted by atomic mass is 16.5. The van der Waals surface area contributed by atoms with Crippen LogP contribution >= 0.6 is 0 Å². The van der Waals surface area contributed by atoms with E-state index in [-0.39, 0.29) is 5.97 Å². The normalized spacial score (nSPS) is 10.5. The minimum Gasteiger partial charge on any atom is -0.494 e. The second-order valence-electron chi connectivity index (χ2n) is 5.56. The van der Waals surface area contributed by atoms with E-state index < -0.39 is 0 Å². The average molecular weight is 336 g/mol. The number of benzene rings is 2. The molecule has 0 aliphatic heterocycles.